The number of nitrogens with zero attached hydrogens (tertiary/aromatic N) is 1. The van der Waals surface area contributed by atoms with E-state index in [0.29, 0.717) is 12.4 Å². The van der Waals surface area contributed by atoms with Crippen molar-refractivity contribution in [3.63, 3.8) is 0 Å². The van der Waals surface area contributed by atoms with Crippen LogP contribution in [0.5, 0.6) is 5.75 Å². The quantitative estimate of drug-likeness (QED) is 0.366. The maximum Gasteiger partial charge on any atom is 0.326 e. The largest absolute Gasteiger partial charge is 0.490 e. The first-order chi connectivity index (χ1) is 12.8. The molecule has 0 bridgehead atoms. The van der Waals surface area contributed by atoms with Crippen LogP contribution < -0.4 is 4.74 Å². The molecule has 0 radical (unpaired) electrons. The highest BCUT2D eigenvalue weighted by atomic mass is 32.2. The number of carbonyl (C=O) groups excluding carboxylic acids is 1. The van der Waals surface area contributed by atoms with Gasteiger partial charge in [-0.3, -0.25) is 14.5 Å². The van der Waals surface area contributed by atoms with E-state index in [9.17, 15) is 19.5 Å². The Hall–Kier alpha value is -2.65. The van der Waals surface area contributed by atoms with Crippen molar-refractivity contribution in [1.82, 2.24) is 4.90 Å². The second kappa shape index (κ2) is 9.33. The number of aliphatic carboxylic acids is 2. The molecule has 0 aromatic heterocycles. The Morgan fingerprint density at radius 3 is 2.52 bits per heavy atom. The Bertz CT molecular complexity index is 803. The van der Waals surface area contributed by atoms with Crippen LogP contribution in [0.4, 0.5) is 0 Å². The lowest BCUT2D eigenvalue weighted by Gasteiger charge is -2.22. The Morgan fingerprint density at radius 1 is 1.30 bits per heavy atom. The van der Waals surface area contributed by atoms with E-state index in [1.807, 2.05) is 0 Å². The zero-order chi connectivity index (χ0) is 20.0. The molecule has 0 saturated carbocycles. The smallest absolute Gasteiger partial charge is 0.326 e. The summed E-state index contributed by atoms with van der Waals surface area (Å²) in [6.45, 7) is 3.95. The Kier molecular flexibility index (Phi) is 7.14. The van der Waals surface area contributed by atoms with Crippen molar-refractivity contribution >= 4 is 52.2 Å². The van der Waals surface area contributed by atoms with Crippen LogP contribution >= 0.6 is 24.0 Å². The molecule has 0 spiro atoms. The van der Waals surface area contributed by atoms with Gasteiger partial charge in [0.1, 0.15) is 22.7 Å². The molecule has 0 aliphatic carbocycles. The van der Waals surface area contributed by atoms with Crippen molar-refractivity contribution in [3.05, 3.63) is 47.4 Å². The van der Waals surface area contributed by atoms with Crippen LogP contribution in [0.1, 0.15) is 18.4 Å². The molecular formula is C18H17NO6S2. The van der Waals surface area contributed by atoms with Gasteiger partial charge in [-0.25, -0.2) is 4.79 Å². The average Bonchev–Trinajstić information content (AvgIpc) is 2.88. The molecule has 142 valence electrons. The molecule has 1 aliphatic rings. The maximum atomic E-state index is 12.6. The van der Waals surface area contributed by atoms with Gasteiger partial charge in [0.25, 0.3) is 5.91 Å². The van der Waals surface area contributed by atoms with Gasteiger partial charge in [0.2, 0.25) is 0 Å². The SMILES string of the molecule is C=CCOc1ccc(/C=C2/SC(=S)N(C(CCC(=O)O)C(=O)O)C2=O)cc1. The summed E-state index contributed by atoms with van der Waals surface area (Å²) in [5.74, 6) is -2.33. The molecule has 1 unspecified atom stereocenters. The fourth-order valence-corrected chi connectivity index (χ4v) is 3.70. The van der Waals surface area contributed by atoms with Crippen LogP contribution in [0.2, 0.25) is 0 Å². The van der Waals surface area contributed by atoms with Crippen molar-refractivity contribution in [3.8, 4) is 5.75 Å². The second-order valence-electron chi connectivity index (χ2n) is 5.51. The molecule has 1 aromatic rings. The van der Waals surface area contributed by atoms with E-state index in [-0.39, 0.29) is 22.1 Å². The summed E-state index contributed by atoms with van der Waals surface area (Å²) < 4.78 is 5.48. The van der Waals surface area contributed by atoms with E-state index in [1.54, 1.807) is 36.4 Å². The predicted molar refractivity (Wildman–Crippen MR) is 105 cm³/mol. The van der Waals surface area contributed by atoms with Gasteiger partial charge in [0.05, 0.1) is 4.91 Å². The van der Waals surface area contributed by atoms with Crippen molar-refractivity contribution in [2.24, 2.45) is 0 Å². The molecule has 1 atom stereocenters. The van der Waals surface area contributed by atoms with Gasteiger partial charge < -0.3 is 14.9 Å². The minimum Gasteiger partial charge on any atom is -0.490 e. The molecule has 9 heteroatoms. The second-order valence-corrected chi connectivity index (χ2v) is 7.18. The molecule has 1 saturated heterocycles. The lowest BCUT2D eigenvalue weighted by atomic mass is 10.1. The standard InChI is InChI=1S/C18H17NO6S2/c1-2-9-25-12-5-3-11(4-6-12)10-14-16(22)19(18(26)27-14)13(17(23)24)7-8-15(20)21/h2-6,10,13H,1,7-9H2,(H,20,21)(H,23,24)/b14-10+. The van der Waals surface area contributed by atoms with E-state index in [4.69, 9.17) is 22.1 Å². The fourth-order valence-electron chi connectivity index (χ4n) is 2.34. The van der Waals surface area contributed by atoms with Crippen LogP contribution in [-0.2, 0) is 14.4 Å². The van der Waals surface area contributed by atoms with E-state index in [1.165, 1.54) is 0 Å². The summed E-state index contributed by atoms with van der Waals surface area (Å²) in [6.07, 6.45) is 2.63. The molecule has 2 N–H and O–H groups in total. The summed E-state index contributed by atoms with van der Waals surface area (Å²) in [6, 6.07) is 5.68. The highest BCUT2D eigenvalue weighted by Gasteiger charge is 2.40. The Morgan fingerprint density at radius 2 is 1.96 bits per heavy atom. The maximum absolute atomic E-state index is 12.6. The normalized spacial score (nSPS) is 16.4. The molecule has 1 aliphatic heterocycles. The Balaban J connectivity index is 2.18. The third-order valence-electron chi connectivity index (χ3n) is 3.60. The summed E-state index contributed by atoms with van der Waals surface area (Å²) in [4.78, 5) is 36.1. The van der Waals surface area contributed by atoms with Gasteiger partial charge in [-0.15, -0.1) is 0 Å². The lowest BCUT2D eigenvalue weighted by molar-refractivity contribution is -0.146. The van der Waals surface area contributed by atoms with E-state index < -0.39 is 23.9 Å². The zero-order valence-electron chi connectivity index (χ0n) is 14.2. The summed E-state index contributed by atoms with van der Waals surface area (Å²) in [5, 5.41) is 18.1. The molecule has 1 amide bonds. The highest BCUT2D eigenvalue weighted by Crippen LogP contribution is 2.35. The number of rotatable bonds is 9. The van der Waals surface area contributed by atoms with Crippen LogP contribution in [0.25, 0.3) is 6.08 Å². The number of carboxylic acid groups (broad SMARTS) is 2. The van der Waals surface area contributed by atoms with Gasteiger partial charge in [-0.05, 0) is 30.2 Å². The number of ether oxygens (including phenoxy) is 1. The zero-order valence-corrected chi connectivity index (χ0v) is 15.8. The van der Waals surface area contributed by atoms with Crippen LogP contribution in [0.3, 0.4) is 0 Å². The molecule has 1 aromatic carbocycles. The lowest BCUT2D eigenvalue weighted by Crippen LogP contribution is -2.44. The fraction of sp³-hybridized carbons (Fsp3) is 0.222. The number of carbonyl (C=O) groups is 3. The monoisotopic (exact) mass is 407 g/mol. The summed E-state index contributed by atoms with van der Waals surface area (Å²) in [5.41, 5.74) is 0.721. The average molecular weight is 407 g/mol. The minimum atomic E-state index is -1.31. The number of hydrogen-bond donors (Lipinski definition) is 2. The number of benzene rings is 1. The van der Waals surface area contributed by atoms with Crippen molar-refractivity contribution in [2.75, 3.05) is 6.61 Å². The van der Waals surface area contributed by atoms with Crippen LogP contribution in [0, 0.1) is 0 Å². The molecule has 7 nitrogen and oxygen atoms in total. The topological polar surface area (TPSA) is 104 Å². The summed E-state index contributed by atoms with van der Waals surface area (Å²) >= 11 is 6.13. The van der Waals surface area contributed by atoms with Gasteiger partial charge in [-0.1, -0.05) is 48.8 Å². The number of carboxylic acids is 2. The third-order valence-corrected chi connectivity index (χ3v) is 4.93. The molecule has 2 rings (SSSR count). The van der Waals surface area contributed by atoms with E-state index in [2.05, 4.69) is 6.58 Å². The predicted octanol–water partition coefficient (Wildman–Crippen LogP) is 2.77. The first kappa shape index (κ1) is 20.7. The first-order valence-electron chi connectivity index (χ1n) is 7.89. The number of amides is 1. The van der Waals surface area contributed by atoms with Crippen LogP contribution in [0.15, 0.2) is 41.8 Å². The first-order valence-corrected chi connectivity index (χ1v) is 9.11. The third kappa shape index (κ3) is 5.41. The molecule has 27 heavy (non-hydrogen) atoms. The molecule has 1 fully saturated rings. The summed E-state index contributed by atoms with van der Waals surface area (Å²) in [7, 11) is 0. The number of hydrogen-bond acceptors (Lipinski definition) is 6. The van der Waals surface area contributed by atoms with Gasteiger partial charge in [0.15, 0.2) is 0 Å². The van der Waals surface area contributed by atoms with Gasteiger partial charge in [-0.2, -0.15) is 0 Å². The number of thioether (sulfide) groups is 1. The van der Waals surface area contributed by atoms with Gasteiger partial charge >= 0.3 is 11.9 Å². The molecule has 1 heterocycles. The van der Waals surface area contributed by atoms with Gasteiger partial charge in [0, 0.05) is 6.42 Å². The minimum absolute atomic E-state index is 0.0926. The van der Waals surface area contributed by atoms with E-state index >= 15 is 0 Å². The van der Waals surface area contributed by atoms with E-state index in [0.717, 1.165) is 22.2 Å². The highest BCUT2D eigenvalue weighted by molar-refractivity contribution is 8.26. The Labute approximate surface area is 165 Å². The van der Waals surface area contributed by atoms with Crippen molar-refractivity contribution in [1.29, 1.82) is 0 Å². The van der Waals surface area contributed by atoms with Crippen molar-refractivity contribution < 1.29 is 29.3 Å². The van der Waals surface area contributed by atoms with Crippen molar-refractivity contribution in [2.45, 2.75) is 18.9 Å². The van der Waals surface area contributed by atoms with Crippen LogP contribution in [-0.4, -0.2) is 49.9 Å². The molecular weight excluding hydrogens is 390 g/mol. The number of thiocarbonyl (C=S) groups is 1.